The van der Waals surface area contributed by atoms with Crippen molar-refractivity contribution in [2.45, 2.75) is 25.4 Å². The van der Waals surface area contributed by atoms with E-state index < -0.39 is 0 Å². The predicted octanol–water partition coefficient (Wildman–Crippen LogP) is 1.47. The first-order valence-corrected chi connectivity index (χ1v) is 8.28. The van der Waals surface area contributed by atoms with E-state index in [1.807, 2.05) is 10.3 Å². The van der Waals surface area contributed by atoms with E-state index in [9.17, 15) is 4.79 Å². The van der Waals surface area contributed by atoms with Crippen LogP contribution in [0.25, 0.3) is 0 Å². The van der Waals surface area contributed by atoms with E-state index in [2.05, 4.69) is 9.88 Å². The first-order valence-electron chi connectivity index (χ1n) is 7.34. The summed E-state index contributed by atoms with van der Waals surface area (Å²) in [7, 11) is 0. The molecule has 1 aromatic rings. The van der Waals surface area contributed by atoms with Crippen molar-refractivity contribution < 1.29 is 9.53 Å². The Morgan fingerprint density at radius 3 is 3.05 bits per heavy atom. The van der Waals surface area contributed by atoms with E-state index >= 15 is 0 Å². The van der Waals surface area contributed by atoms with Crippen molar-refractivity contribution >= 4 is 17.2 Å². The smallest absolute Gasteiger partial charge is 0.273 e. The van der Waals surface area contributed by atoms with Gasteiger partial charge in [0.15, 0.2) is 0 Å². The van der Waals surface area contributed by atoms with Gasteiger partial charge in [0, 0.05) is 38.2 Å². The Labute approximate surface area is 123 Å². The zero-order chi connectivity index (χ0) is 13.8. The fourth-order valence-corrected chi connectivity index (χ4v) is 3.44. The Morgan fingerprint density at radius 1 is 1.35 bits per heavy atom. The lowest BCUT2D eigenvalue weighted by Crippen LogP contribution is -2.37. The number of hydrogen-bond donors (Lipinski definition) is 0. The molecule has 2 saturated heterocycles. The third kappa shape index (κ3) is 3.37. The monoisotopic (exact) mass is 295 g/mol. The summed E-state index contributed by atoms with van der Waals surface area (Å²) in [5.41, 5.74) is 2.30. The highest BCUT2D eigenvalue weighted by Gasteiger charge is 2.24. The Balaban J connectivity index is 1.52. The van der Waals surface area contributed by atoms with Crippen molar-refractivity contribution in [1.82, 2.24) is 14.8 Å². The van der Waals surface area contributed by atoms with E-state index in [1.165, 1.54) is 24.2 Å². The first-order chi connectivity index (χ1) is 9.83. The van der Waals surface area contributed by atoms with Crippen molar-refractivity contribution in [3.05, 3.63) is 16.6 Å². The molecule has 1 atom stereocenters. The summed E-state index contributed by atoms with van der Waals surface area (Å²) in [5, 5.41) is 1.83. The average Bonchev–Trinajstić information content (AvgIpc) is 3.10. The maximum absolute atomic E-state index is 12.3. The largest absolute Gasteiger partial charge is 0.377 e. The first kappa shape index (κ1) is 14.0. The van der Waals surface area contributed by atoms with E-state index in [0.29, 0.717) is 11.8 Å². The van der Waals surface area contributed by atoms with Crippen LogP contribution in [0.1, 0.15) is 29.8 Å². The molecule has 1 amide bonds. The molecule has 1 unspecified atom stereocenters. The van der Waals surface area contributed by atoms with Gasteiger partial charge in [-0.1, -0.05) is 0 Å². The fraction of sp³-hybridized carbons (Fsp3) is 0.714. The topological polar surface area (TPSA) is 45.7 Å². The molecule has 0 saturated carbocycles. The molecule has 3 heterocycles. The molecule has 2 aliphatic rings. The van der Waals surface area contributed by atoms with Gasteiger partial charge in [0.25, 0.3) is 5.91 Å². The van der Waals surface area contributed by atoms with Crippen LogP contribution in [0, 0.1) is 0 Å². The zero-order valence-electron chi connectivity index (χ0n) is 11.7. The maximum atomic E-state index is 12.3. The van der Waals surface area contributed by atoms with Gasteiger partial charge in [-0.25, -0.2) is 4.98 Å². The molecule has 2 fully saturated rings. The van der Waals surface area contributed by atoms with Gasteiger partial charge in [0.05, 0.1) is 11.6 Å². The second-order valence-electron chi connectivity index (χ2n) is 5.46. The van der Waals surface area contributed by atoms with Crippen molar-refractivity contribution in [2.24, 2.45) is 0 Å². The van der Waals surface area contributed by atoms with Crippen LogP contribution in [-0.4, -0.2) is 66.1 Å². The number of nitrogens with zero attached hydrogens (tertiary/aromatic N) is 3. The van der Waals surface area contributed by atoms with Gasteiger partial charge in [0.2, 0.25) is 0 Å². The van der Waals surface area contributed by atoms with Crippen LogP contribution >= 0.6 is 11.3 Å². The number of ether oxygens (including phenoxy) is 1. The highest BCUT2D eigenvalue weighted by molar-refractivity contribution is 7.07. The number of rotatable bonds is 3. The molecule has 2 aliphatic heterocycles. The summed E-state index contributed by atoms with van der Waals surface area (Å²) in [6.45, 7) is 5.55. The number of carbonyl (C=O) groups is 1. The van der Waals surface area contributed by atoms with E-state index in [4.69, 9.17) is 4.74 Å². The standard InChI is InChI=1S/C14H21N3O2S/c18-14(13-10-20-11-15-13)17-5-2-4-16(6-7-17)9-12-3-1-8-19-12/h10-12H,1-9H2. The predicted molar refractivity (Wildman–Crippen MR) is 78.0 cm³/mol. The minimum absolute atomic E-state index is 0.0743. The van der Waals surface area contributed by atoms with E-state index in [1.54, 1.807) is 5.51 Å². The summed E-state index contributed by atoms with van der Waals surface area (Å²) >= 11 is 1.47. The molecule has 0 radical (unpaired) electrons. The third-order valence-corrected chi connectivity index (χ3v) is 4.60. The van der Waals surface area contributed by atoms with Gasteiger partial charge in [-0.05, 0) is 25.8 Å². The fourth-order valence-electron chi connectivity index (χ4n) is 2.91. The molecule has 5 nitrogen and oxygen atoms in total. The highest BCUT2D eigenvalue weighted by Crippen LogP contribution is 2.15. The van der Waals surface area contributed by atoms with Crippen LogP contribution in [0.5, 0.6) is 0 Å². The Kier molecular flexibility index (Phi) is 4.65. The Morgan fingerprint density at radius 2 is 2.30 bits per heavy atom. The van der Waals surface area contributed by atoms with Crippen LogP contribution < -0.4 is 0 Å². The van der Waals surface area contributed by atoms with Crippen molar-refractivity contribution in [1.29, 1.82) is 0 Å². The Hall–Kier alpha value is -0.980. The number of thiazole rings is 1. The lowest BCUT2D eigenvalue weighted by Gasteiger charge is -2.23. The lowest BCUT2D eigenvalue weighted by molar-refractivity contribution is 0.0702. The molecule has 1 aromatic heterocycles. The molecular weight excluding hydrogens is 274 g/mol. The minimum atomic E-state index is 0.0743. The second-order valence-corrected chi connectivity index (χ2v) is 6.17. The molecule has 3 rings (SSSR count). The molecule has 6 heteroatoms. The maximum Gasteiger partial charge on any atom is 0.273 e. The minimum Gasteiger partial charge on any atom is -0.377 e. The summed E-state index contributed by atoms with van der Waals surface area (Å²) < 4.78 is 5.70. The average molecular weight is 295 g/mol. The molecule has 0 aromatic carbocycles. The summed E-state index contributed by atoms with van der Waals surface area (Å²) in [6, 6.07) is 0. The third-order valence-electron chi connectivity index (χ3n) is 4.01. The number of hydrogen-bond acceptors (Lipinski definition) is 5. The van der Waals surface area contributed by atoms with Gasteiger partial charge >= 0.3 is 0 Å². The number of amides is 1. The molecule has 0 bridgehead atoms. The van der Waals surface area contributed by atoms with Gasteiger partial charge < -0.3 is 9.64 Å². The van der Waals surface area contributed by atoms with Crippen LogP contribution in [-0.2, 0) is 4.74 Å². The highest BCUT2D eigenvalue weighted by atomic mass is 32.1. The van der Waals surface area contributed by atoms with E-state index in [0.717, 1.165) is 45.8 Å². The van der Waals surface area contributed by atoms with Gasteiger partial charge in [-0.2, -0.15) is 0 Å². The number of carbonyl (C=O) groups excluding carboxylic acids is 1. The summed E-state index contributed by atoms with van der Waals surface area (Å²) in [5.74, 6) is 0.0743. The van der Waals surface area contributed by atoms with Gasteiger partial charge in [0.1, 0.15) is 5.69 Å². The van der Waals surface area contributed by atoms with Crippen LogP contribution in [0.4, 0.5) is 0 Å². The number of aromatic nitrogens is 1. The molecule has 110 valence electrons. The SMILES string of the molecule is O=C(c1cscn1)N1CCCN(CC2CCCO2)CC1. The molecular formula is C14H21N3O2S. The zero-order valence-corrected chi connectivity index (χ0v) is 12.5. The van der Waals surface area contributed by atoms with Crippen molar-refractivity contribution in [2.75, 3.05) is 39.3 Å². The molecule has 20 heavy (non-hydrogen) atoms. The lowest BCUT2D eigenvalue weighted by atomic mass is 10.2. The normalized spacial score (nSPS) is 24.8. The quantitative estimate of drug-likeness (QED) is 0.847. The second kappa shape index (κ2) is 6.65. The van der Waals surface area contributed by atoms with Gasteiger partial charge in [-0.15, -0.1) is 11.3 Å². The van der Waals surface area contributed by atoms with E-state index in [-0.39, 0.29) is 5.91 Å². The van der Waals surface area contributed by atoms with Crippen LogP contribution in [0.3, 0.4) is 0 Å². The molecule has 0 N–H and O–H groups in total. The summed E-state index contributed by atoms with van der Waals surface area (Å²) in [6.07, 6.45) is 3.80. The molecule has 0 spiro atoms. The van der Waals surface area contributed by atoms with Crippen LogP contribution in [0.15, 0.2) is 10.9 Å². The van der Waals surface area contributed by atoms with Crippen molar-refractivity contribution in [3.63, 3.8) is 0 Å². The molecule has 0 aliphatic carbocycles. The van der Waals surface area contributed by atoms with Crippen molar-refractivity contribution in [3.8, 4) is 0 Å². The van der Waals surface area contributed by atoms with Gasteiger partial charge in [-0.3, -0.25) is 9.69 Å². The summed E-state index contributed by atoms with van der Waals surface area (Å²) in [4.78, 5) is 20.8. The van der Waals surface area contributed by atoms with Crippen LogP contribution in [0.2, 0.25) is 0 Å². The Bertz CT molecular complexity index is 432.